The van der Waals surface area contributed by atoms with Crippen molar-refractivity contribution >= 4 is 27.6 Å². The van der Waals surface area contributed by atoms with Gasteiger partial charge in [0.15, 0.2) is 17.2 Å². The Morgan fingerprint density at radius 2 is 2.07 bits per heavy atom. The second-order valence-electron chi connectivity index (χ2n) is 11.6. The van der Waals surface area contributed by atoms with Crippen LogP contribution in [0.3, 0.4) is 0 Å². The lowest BCUT2D eigenvalue weighted by Gasteiger charge is -2.36. The molecule has 0 amide bonds. The average Bonchev–Trinajstić information content (AvgIpc) is 3.55. The summed E-state index contributed by atoms with van der Waals surface area (Å²) in [4.78, 5) is 13.6. The van der Waals surface area contributed by atoms with E-state index in [-0.39, 0.29) is 34.3 Å². The van der Waals surface area contributed by atoms with E-state index in [1.807, 2.05) is 0 Å². The number of nitrogens with zero attached hydrogens (tertiary/aromatic N) is 6. The maximum Gasteiger partial charge on any atom is 0.207 e. The lowest BCUT2D eigenvalue weighted by molar-refractivity contribution is 0.255. The normalized spacial score (nSPS) is 23.7. The molecule has 5 heterocycles. The van der Waals surface area contributed by atoms with E-state index in [9.17, 15) is 9.50 Å². The molecule has 3 atom stereocenters. The van der Waals surface area contributed by atoms with E-state index in [0.717, 1.165) is 38.9 Å². The van der Waals surface area contributed by atoms with Crippen LogP contribution in [0.1, 0.15) is 44.0 Å². The van der Waals surface area contributed by atoms with Gasteiger partial charge in [-0.3, -0.25) is 4.90 Å². The van der Waals surface area contributed by atoms with E-state index in [2.05, 4.69) is 55.0 Å². The molecule has 0 spiro atoms. The van der Waals surface area contributed by atoms with Gasteiger partial charge in [0.05, 0.1) is 5.54 Å². The summed E-state index contributed by atoms with van der Waals surface area (Å²) in [5.41, 5.74) is 0.446. The summed E-state index contributed by atoms with van der Waals surface area (Å²) in [6.45, 7) is 5.41. The molecule has 1 unspecified atom stereocenters. The number of piperazine rings is 1. The van der Waals surface area contributed by atoms with Gasteiger partial charge in [-0.25, -0.2) is 18.7 Å². The molecule has 218 valence electrons. The van der Waals surface area contributed by atoms with Gasteiger partial charge in [0.25, 0.3) is 0 Å². The Kier molecular flexibility index (Phi) is 6.84. The summed E-state index contributed by atoms with van der Waals surface area (Å²) >= 11 is 0. The number of alkyl halides is 1. The first-order valence-electron chi connectivity index (χ1n) is 14.8. The van der Waals surface area contributed by atoms with E-state index in [0.29, 0.717) is 47.2 Å². The minimum atomic E-state index is -0.922. The third kappa shape index (κ3) is 4.62. The molecule has 2 N–H and O–H groups in total. The van der Waals surface area contributed by atoms with Crippen molar-refractivity contribution in [2.45, 2.75) is 50.4 Å². The largest absolute Gasteiger partial charge is 0.508 e. The van der Waals surface area contributed by atoms with E-state index >= 15 is 4.39 Å². The molecule has 10 heteroatoms. The standard InChI is InChI=1S/C33H31F2N7O/c1-3-20-7-5-8-21-15-24(43)16-25(27(20)21)29-28(35)30-31(40-39-29)32(42-14-12-36-18-23(42)4-2)38-26(37-30)9-11-33-10-6-13-41(33)19-22(34)17-33/h1,5,7-8,15-16,22-23,36,43H,4,6,10,12-14,17-19H2,2H3/t22-,23?,33-/m1/s1. The van der Waals surface area contributed by atoms with Crippen LogP contribution in [0.4, 0.5) is 14.6 Å². The van der Waals surface area contributed by atoms with Gasteiger partial charge in [-0.05, 0) is 55.3 Å². The van der Waals surface area contributed by atoms with E-state index in [4.69, 9.17) is 11.4 Å². The monoisotopic (exact) mass is 579 g/mol. The average molecular weight is 580 g/mol. The highest BCUT2D eigenvalue weighted by atomic mass is 19.1. The Balaban J connectivity index is 1.45. The maximum atomic E-state index is 16.7. The summed E-state index contributed by atoms with van der Waals surface area (Å²) < 4.78 is 31.1. The van der Waals surface area contributed by atoms with Crippen LogP contribution < -0.4 is 10.2 Å². The number of aromatic hydroxyl groups is 1. The minimum absolute atomic E-state index is 0.0158. The van der Waals surface area contributed by atoms with Crippen molar-refractivity contribution in [1.82, 2.24) is 30.4 Å². The lowest BCUT2D eigenvalue weighted by atomic mass is 9.94. The van der Waals surface area contributed by atoms with Gasteiger partial charge in [-0.1, -0.05) is 30.9 Å². The van der Waals surface area contributed by atoms with Crippen LogP contribution in [-0.2, 0) is 0 Å². The molecule has 0 saturated carbocycles. The summed E-state index contributed by atoms with van der Waals surface area (Å²) in [7, 11) is 0. The minimum Gasteiger partial charge on any atom is -0.508 e. The van der Waals surface area contributed by atoms with Crippen LogP contribution in [0.15, 0.2) is 30.3 Å². The van der Waals surface area contributed by atoms with Gasteiger partial charge < -0.3 is 15.3 Å². The number of nitrogens with one attached hydrogen (secondary N) is 1. The fourth-order valence-corrected chi connectivity index (χ4v) is 6.96. The molecule has 3 aliphatic rings. The zero-order chi connectivity index (χ0) is 29.7. The molecule has 0 aliphatic carbocycles. The first-order chi connectivity index (χ1) is 20.9. The number of benzene rings is 2. The second kappa shape index (κ2) is 10.7. The summed E-state index contributed by atoms with van der Waals surface area (Å²) in [5, 5.41) is 24.0. The SMILES string of the molecule is C#Cc1cccc2cc(O)cc(-c3nnc4c(N5CCNCC5CC)nc(C#C[C@@]56CCCN5C[C@H](F)C6)nc4c3F)c12. The number of anilines is 1. The van der Waals surface area contributed by atoms with Crippen molar-refractivity contribution in [3.8, 4) is 41.2 Å². The predicted molar refractivity (Wildman–Crippen MR) is 162 cm³/mol. The topological polar surface area (TPSA) is 90.3 Å². The smallest absolute Gasteiger partial charge is 0.207 e. The van der Waals surface area contributed by atoms with Crippen molar-refractivity contribution in [1.29, 1.82) is 0 Å². The molecule has 2 aromatic heterocycles. The van der Waals surface area contributed by atoms with Crippen LogP contribution >= 0.6 is 0 Å². The highest BCUT2D eigenvalue weighted by Crippen LogP contribution is 2.40. The molecular weight excluding hydrogens is 548 g/mol. The van der Waals surface area contributed by atoms with Crippen LogP contribution in [0.5, 0.6) is 5.75 Å². The fourth-order valence-electron chi connectivity index (χ4n) is 6.96. The van der Waals surface area contributed by atoms with Gasteiger partial charge in [-0.15, -0.1) is 16.6 Å². The number of terminal acetylenes is 1. The molecule has 7 rings (SSSR count). The van der Waals surface area contributed by atoms with Crippen LogP contribution in [0.2, 0.25) is 0 Å². The Hall–Kier alpha value is -4.38. The van der Waals surface area contributed by atoms with Gasteiger partial charge >= 0.3 is 0 Å². The predicted octanol–water partition coefficient (Wildman–Crippen LogP) is 4.18. The molecule has 0 radical (unpaired) electrons. The highest BCUT2D eigenvalue weighted by Gasteiger charge is 2.47. The number of hydrogen-bond donors (Lipinski definition) is 2. The molecular formula is C33H31F2N7O. The van der Waals surface area contributed by atoms with E-state index in [1.165, 1.54) is 6.07 Å². The third-order valence-electron chi connectivity index (χ3n) is 9.01. The Morgan fingerprint density at radius 1 is 1.19 bits per heavy atom. The van der Waals surface area contributed by atoms with E-state index in [1.54, 1.807) is 24.3 Å². The molecule has 3 fully saturated rings. The van der Waals surface area contributed by atoms with Gasteiger partial charge in [0.1, 0.15) is 23.1 Å². The molecule has 4 aromatic rings. The number of aromatic nitrogens is 4. The second-order valence-corrected chi connectivity index (χ2v) is 11.6. The van der Waals surface area contributed by atoms with Gasteiger partial charge in [-0.2, -0.15) is 0 Å². The zero-order valence-corrected chi connectivity index (χ0v) is 23.9. The number of hydrogen-bond acceptors (Lipinski definition) is 8. The van der Waals surface area contributed by atoms with Crippen LogP contribution in [0.25, 0.3) is 33.1 Å². The van der Waals surface area contributed by atoms with E-state index < -0.39 is 17.5 Å². The summed E-state index contributed by atoms with van der Waals surface area (Å²) in [5.74, 6) is 8.94. The van der Waals surface area contributed by atoms with Crippen molar-refractivity contribution < 1.29 is 13.9 Å². The fraction of sp³-hybridized carbons (Fsp3) is 0.394. The quantitative estimate of drug-likeness (QED) is 0.350. The third-order valence-corrected chi connectivity index (χ3v) is 9.01. The van der Waals surface area contributed by atoms with Crippen molar-refractivity contribution in [2.24, 2.45) is 0 Å². The molecule has 8 nitrogen and oxygen atoms in total. The molecule has 2 aromatic carbocycles. The first-order valence-corrected chi connectivity index (χ1v) is 14.8. The van der Waals surface area contributed by atoms with Crippen molar-refractivity contribution in [3.63, 3.8) is 0 Å². The number of fused-ring (bicyclic) bond motifs is 3. The summed E-state index contributed by atoms with van der Waals surface area (Å²) in [6.07, 6.45) is 7.79. The van der Waals surface area contributed by atoms with Gasteiger partial charge in [0.2, 0.25) is 5.82 Å². The maximum absolute atomic E-state index is 16.7. The van der Waals surface area contributed by atoms with Crippen molar-refractivity contribution in [3.05, 3.63) is 47.5 Å². The van der Waals surface area contributed by atoms with Gasteiger partial charge in [0, 0.05) is 55.2 Å². The molecule has 43 heavy (non-hydrogen) atoms. The Bertz CT molecular complexity index is 1860. The highest BCUT2D eigenvalue weighted by molar-refractivity contribution is 6.02. The first kappa shape index (κ1) is 27.5. The number of halogens is 2. The van der Waals surface area contributed by atoms with Crippen LogP contribution in [-0.4, -0.2) is 80.6 Å². The lowest BCUT2D eigenvalue weighted by Crippen LogP contribution is -2.51. The number of phenols is 1. The molecule has 3 saturated heterocycles. The van der Waals surface area contributed by atoms with Crippen LogP contribution in [0, 0.1) is 30.0 Å². The van der Waals surface area contributed by atoms with Crippen molar-refractivity contribution in [2.75, 3.05) is 37.6 Å². The summed E-state index contributed by atoms with van der Waals surface area (Å²) in [6, 6.07) is 8.46. The molecule has 3 aliphatic heterocycles. The number of phenolic OH excluding ortho intramolecular Hbond substituents is 1. The Morgan fingerprint density at radius 3 is 2.91 bits per heavy atom. The molecule has 0 bridgehead atoms. The zero-order valence-electron chi connectivity index (χ0n) is 23.9. The number of rotatable bonds is 3. The Labute approximate surface area is 248 Å².